The maximum atomic E-state index is 12.8. The van der Waals surface area contributed by atoms with Crippen molar-refractivity contribution < 1.29 is 9.72 Å². The molecule has 3 rings (SSSR count). The highest BCUT2D eigenvalue weighted by atomic mass is 127. The first kappa shape index (κ1) is 23.5. The van der Waals surface area contributed by atoms with E-state index in [0.29, 0.717) is 11.3 Å². The van der Waals surface area contributed by atoms with Gasteiger partial charge in [0.1, 0.15) is 6.07 Å². The van der Waals surface area contributed by atoms with Crippen LogP contribution < -0.4 is 4.90 Å². The van der Waals surface area contributed by atoms with Crippen molar-refractivity contribution in [2.75, 3.05) is 4.90 Å². The summed E-state index contributed by atoms with van der Waals surface area (Å²) in [5.41, 5.74) is 2.09. The summed E-state index contributed by atoms with van der Waals surface area (Å²) in [6.45, 7) is 7.06. The zero-order valence-electron chi connectivity index (χ0n) is 18.2. The normalized spacial score (nSPS) is 17.4. The first-order valence-electron chi connectivity index (χ1n) is 10.0. The Bertz CT molecular complexity index is 1200. The van der Waals surface area contributed by atoms with Crippen LogP contribution >= 0.6 is 22.6 Å². The number of allylic oxidation sites excluding steroid dienone is 1. The first-order chi connectivity index (χ1) is 15.1. The Kier molecular flexibility index (Phi) is 6.74. The van der Waals surface area contributed by atoms with E-state index >= 15 is 0 Å². The number of pyridine rings is 1. The smallest absolute Gasteiger partial charge is 0.287 e. The summed E-state index contributed by atoms with van der Waals surface area (Å²) < 4.78 is 0.820. The van der Waals surface area contributed by atoms with Crippen LogP contribution in [0.5, 0.6) is 0 Å². The number of aliphatic imine (C=N–C) groups is 1. The molecule has 1 unspecified atom stereocenters. The van der Waals surface area contributed by atoms with E-state index in [4.69, 9.17) is 0 Å². The SMILES string of the molecule is CCC(=O)N(Cc1ccc(C2(C#N)N=C(C)C=C2I)cc1)c1nc(C)cc(C)c1[N+](=O)[O-]. The van der Waals surface area contributed by atoms with Crippen LogP contribution in [0.3, 0.4) is 0 Å². The molecular formula is C23H22IN5O3. The molecule has 1 aliphatic heterocycles. The van der Waals surface area contributed by atoms with E-state index in [9.17, 15) is 20.2 Å². The van der Waals surface area contributed by atoms with Crippen molar-refractivity contribution in [2.24, 2.45) is 4.99 Å². The second kappa shape index (κ2) is 9.16. The lowest BCUT2D eigenvalue weighted by Gasteiger charge is -2.23. The Morgan fingerprint density at radius 2 is 1.94 bits per heavy atom. The Morgan fingerprint density at radius 1 is 1.28 bits per heavy atom. The molecule has 8 nitrogen and oxygen atoms in total. The molecule has 0 N–H and O–H groups in total. The number of benzene rings is 1. The van der Waals surface area contributed by atoms with Crippen molar-refractivity contribution in [1.82, 2.24) is 4.98 Å². The minimum absolute atomic E-state index is 0.0467. The average Bonchev–Trinajstić information content (AvgIpc) is 3.04. The summed E-state index contributed by atoms with van der Waals surface area (Å²) in [6.07, 6.45) is 2.06. The van der Waals surface area contributed by atoms with Gasteiger partial charge in [0.25, 0.3) is 0 Å². The Morgan fingerprint density at radius 3 is 2.44 bits per heavy atom. The van der Waals surface area contributed by atoms with Crippen LogP contribution in [-0.2, 0) is 16.9 Å². The van der Waals surface area contributed by atoms with Crippen molar-refractivity contribution in [1.29, 1.82) is 5.26 Å². The van der Waals surface area contributed by atoms with Crippen molar-refractivity contribution >= 4 is 45.7 Å². The summed E-state index contributed by atoms with van der Waals surface area (Å²) in [5, 5.41) is 21.6. The number of halogens is 1. The second-order valence-electron chi connectivity index (χ2n) is 7.61. The number of carbonyl (C=O) groups excluding carboxylic acids is 1. The third-order valence-corrected chi connectivity index (χ3v) is 6.33. The summed E-state index contributed by atoms with van der Waals surface area (Å²) in [7, 11) is 0. The third-order valence-electron chi connectivity index (χ3n) is 5.23. The molecule has 1 aromatic heterocycles. The predicted octanol–water partition coefficient (Wildman–Crippen LogP) is 5.06. The molecule has 0 saturated carbocycles. The van der Waals surface area contributed by atoms with Gasteiger partial charge in [-0.25, -0.2) is 4.98 Å². The van der Waals surface area contributed by atoms with Gasteiger partial charge in [-0.2, -0.15) is 5.26 Å². The number of anilines is 1. The fourth-order valence-electron chi connectivity index (χ4n) is 3.71. The van der Waals surface area contributed by atoms with Crippen LogP contribution in [0, 0.1) is 35.3 Å². The number of nitrogens with zero attached hydrogens (tertiary/aromatic N) is 5. The summed E-state index contributed by atoms with van der Waals surface area (Å²) in [6, 6.07) is 11.2. The van der Waals surface area contributed by atoms with Gasteiger partial charge in [-0.1, -0.05) is 31.2 Å². The fourth-order valence-corrected chi connectivity index (χ4v) is 4.72. The molecule has 0 fully saturated rings. The van der Waals surface area contributed by atoms with Gasteiger partial charge in [0.15, 0.2) is 0 Å². The van der Waals surface area contributed by atoms with Crippen LogP contribution in [0.25, 0.3) is 0 Å². The standard InChI is InChI=1S/C23H22IN5O3/c1-5-20(30)28(22-21(29(31)32)14(2)10-15(3)26-22)12-17-6-8-18(9-7-17)23(13-25)19(24)11-16(4)27-23/h6-11H,5,12H2,1-4H3. The average molecular weight is 543 g/mol. The molecule has 2 aromatic rings. The molecule has 0 spiro atoms. The summed E-state index contributed by atoms with van der Waals surface area (Å²) in [5.74, 6) is -0.220. The number of amides is 1. The van der Waals surface area contributed by atoms with Crippen LogP contribution in [0.1, 0.15) is 42.7 Å². The largest absolute Gasteiger partial charge is 0.314 e. The zero-order valence-corrected chi connectivity index (χ0v) is 20.4. The molecule has 0 saturated heterocycles. The van der Waals surface area contributed by atoms with Crippen LogP contribution in [0.15, 0.2) is 45.0 Å². The Labute approximate surface area is 200 Å². The van der Waals surface area contributed by atoms with Crippen molar-refractivity contribution in [3.8, 4) is 6.07 Å². The molecule has 164 valence electrons. The zero-order chi connectivity index (χ0) is 23.6. The van der Waals surface area contributed by atoms with Crippen LogP contribution in [0.4, 0.5) is 11.5 Å². The van der Waals surface area contributed by atoms with Gasteiger partial charge in [-0.3, -0.25) is 24.8 Å². The minimum atomic E-state index is -1.06. The molecule has 2 heterocycles. The minimum Gasteiger partial charge on any atom is -0.287 e. The van der Waals surface area contributed by atoms with Gasteiger partial charge in [0.05, 0.1) is 11.5 Å². The first-order valence-corrected chi connectivity index (χ1v) is 11.1. The highest BCUT2D eigenvalue weighted by Crippen LogP contribution is 2.41. The number of carbonyl (C=O) groups is 1. The van der Waals surface area contributed by atoms with Gasteiger partial charge >= 0.3 is 5.69 Å². The quantitative estimate of drug-likeness (QED) is 0.287. The van der Waals surface area contributed by atoms with Crippen LogP contribution in [0.2, 0.25) is 0 Å². The van der Waals surface area contributed by atoms with E-state index in [0.717, 1.165) is 20.4 Å². The number of aromatic nitrogens is 1. The van der Waals surface area contributed by atoms with E-state index in [1.54, 1.807) is 26.8 Å². The number of nitro groups is 1. The highest BCUT2D eigenvalue weighted by Gasteiger charge is 2.38. The maximum absolute atomic E-state index is 12.8. The molecule has 1 amide bonds. The van der Waals surface area contributed by atoms with Gasteiger partial charge in [0, 0.05) is 27.0 Å². The molecule has 9 heteroatoms. The number of hydrogen-bond acceptors (Lipinski definition) is 6. The molecule has 0 radical (unpaired) electrons. The number of aryl methyl sites for hydroxylation is 2. The van der Waals surface area contributed by atoms with Crippen molar-refractivity contribution in [3.05, 3.63) is 72.5 Å². The van der Waals surface area contributed by atoms with Crippen molar-refractivity contribution in [3.63, 3.8) is 0 Å². The third kappa shape index (κ3) is 4.27. The van der Waals surface area contributed by atoms with Crippen LogP contribution in [-0.4, -0.2) is 21.5 Å². The lowest BCUT2D eigenvalue weighted by atomic mass is 9.92. The summed E-state index contributed by atoms with van der Waals surface area (Å²) >= 11 is 2.13. The fraction of sp³-hybridized carbons (Fsp3) is 0.304. The summed E-state index contributed by atoms with van der Waals surface area (Å²) in [4.78, 5) is 34.2. The Balaban J connectivity index is 2.01. The Hall–Kier alpha value is -3.13. The van der Waals surface area contributed by atoms with Gasteiger partial charge in [-0.05, 0) is 66.6 Å². The number of nitriles is 1. The molecule has 1 aliphatic rings. The van der Waals surface area contributed by atoms with E-state index in [-0.39, 0.29) is 30.4 Å². The van der Waals surface area contributed by atoms with Gasteiger partial charge < -0.3 is 0 Å². The lowest BCUT2D eigenvalue weighted by molar-refractivity contribution is -0.384. The predicted molar refractivity (Wildman–Crippen MR) is 131 cm³/mol. The molecule has 1 atom stereocenters. The lowest BCUT2D eigenvalue weighted by Crippen LogP contribution is -2.31. The van der Waals surface area contributed by atoms with E-state index in [1.165, 1.54) is 4.90 Å². The van der Waals surface area contributed by atoms with E-state index in [2.05, 4.69) is 38.6 Å². The van der Waals surface area contributed by atoms with Crippen molar-refractivity contribution in [2.45, 2.75) is 46.2 Å². The maximum Gasteiger partial charge on any atom is 0.314 e. The molecule has 0 bridgehead atoms. The van der Waals surface area contributed by atoms with E-state index in [1.807, 2.05) is 37.3 Å². The van der Waals surface area contributed by atoms with E-state index < -0.39 is 10.5 Å². The second-order valence-corrected chi connectivity index (χ2v) is 8.77. The molecular weight excluding hydrogens is 521 g/mol. The highest BCUT2D eigenvalue weighted by molar-refractivity contribution is 14.1. The van der Waals surface area contributed by atoms with Gasteiger partial charge in [0.2, 0.25) is 17.3 Å². The molecule has 32 heavy (non-hydrogen) atoms. The topological polar surface area (TPSA) is 112 Å². The monoisotopic (exact) mass is 543 g/mol. The van der Waals surface area contributed by atoms with Gasteiger partial charge in [-0.15, -0.1) is 0 Å². The number of rotatable bonds is 6. The molecule has 0 aliphatic carbocycles. The number of hydrogen-bond donors (Lipinski definition) is 0. The molecule has 1 aromatic carbocycles.